The highest BCUT2D eigenvalue weighted by Crippen LogP contribution is 2.22. The zero-order chi connectivity index (χ0) is 24.0. The highest BCUT2D eigenvalue weighted by Gasteiger charge is 2.37. The third-order valence-electron chi connectivity index (χ3n) is 6.64. The number of aliphatic hydroxyl groups is 1. The summed E-state index contributed by atoms with van der Waals surface area (Å²) < 4.78 is 11.2. The first kappa shape index (κ1) is 29.9. The van der Waals surface area contributed by atoms with Crippen LogP contribution in [0.15, 0.2) is 4.99 Å². The molecule has 1 heterocycles. The standard InChI is InChI=1S/C28H53NO4/c1-3-5-7-9-11-13-15-17-19-21-26-29-28(23-30,24-32-26)25-33-27(31)22-20-18-16-14-12-10-8-6-4-2/h30H,3-25H2,1-2H3. The number of ether oxygens (including phenoxy) is 2. The number of nitrogens with zero attached hydrogens (tertiary/aromatic N) is 1. The Morgan fingerprint density at radius 3 is 1.82 bits per heavy atom. The van der Waals surface area contributed by atoms with Gasteiger partial charge in [0.15, 0.2) is 11.4 Å². The van der Waals surface area contributed by atoms with Crippen molar-refractivity contribution in [1.29, 1.82) is 0 Å². The molecule has 5 heteroatoms. The monoisotopic (exact) mass is 467 g/mol. The molecule has 194 valence electrons. The molecule has 0 saturated carbocycles. The molecule has 33 heavy (non-hydrogen) atoms. The Hall–Kier alpha value is -1.10. The van der Waals surface area contributed by atoms with Crippen molar-refractivity contribution in [3.8, 4) is 0 Å². The van der Waals surface area contributed by atoms with E-state index in [9.17, 15) is 9.90 Å². The molecule has 1 unspecified atom stereocenters. The van der Waals surface area contributed by atoms with Gasteiger partial charge in [-0.2, -0.15) is 0 Å². The number of carbonyl (C=O) groups excluding carboxylic acids is 1. The molecule has 1 aliphatic rings. The highest BCUT2D eigenvalue weighted by atomic mass is 16.5. The number of aliphatic imine (C=N–C) groups is 1. The van der Waals surface area contributed by atoms with E-state index in [1.165, 1.54) is 96.3 Å². The van der Waals surface area contributed by atoms with Crippen molar-refractivity contribution in [2.75, 3.05) is 19.8 Å². The van der Waals surface area contributed by atoms with E-state index < -0.39 is 5.54 Å². The van der Waals surface area contributed by atoms with Gasteiger partial charge in [-0.05, 0) is 12.8 Å². The Kier molecular flexibility index (Phi) is 18.4. The van der Waals surface area contributed by atoms with Gasteiger partial charge in [0, 0.05) is 12.8 Å². The summed E-state index contributed by atoms with van der Waals surface area (Å²) in [6.07, 6.45) is 23.9. The Bertz CT molecular complexity index is 508. The first-order valence-electron chi connectivity index (χ1n) is 14.1. The Morgan fingerprint density at radius 1 is 0.818 bits per heavy atom. The number of hydrogen-bond donors (Lipinski definition) is 1. The molecule has 0 bridgehead atoms. The fraction of sp³-hybridized carbons (Fsp3) is 0.929. The van der Waals surface area contributed by atoms with Gasteiger partial charge in [0.2, 0.25) is 0 Å². The van der Waals surface area contributed by atoms with Crippen LogP contribution >= 0.6 is 0 Å². The molecule has 0 saturated heterocycles. The number of hydrogen-bond acceptors (Lipinski definition) is 5. The van der Waals surface area contributed by atoms with Crippen LogP contribution in [0.4, 0.5) is 0 Å². The lowest BCUT2D eigenvalue weighted by molar-refractivity contribution is -0.146. The summed E-state index contributed by atoms with van der Waals surface area (Å²) in [7, 11) is 0. The molecule has 5 nitrogen and oxygen atoms in total. The van der Waals surface area contributed by atoms with E-state index in [4.69, 9.17) is 9.47 Å². The van der Waals surface area contributed by atoms with Gasteiger partial charge in [-0.25, -0.2) is 4.99 Å². The largest absolute Gasteiger partial charge is 0.478 e. The second-order valence-electron chi connectivity index (χ2n) is 9.99. The summed E-state index contributed by atoms with van der Waals surface area (Å²) >= 11 is 0. The zero-order valence-electron chi connectivity index (χ0n) is 21.9. The minimum absolute atomic E-state index is 0.112. The van der Waals surface area contributed by atoms with Crippen molar-refractivity contribution in [3.05, 3.63) is 0 Å². The van der Waals surface area contributed by atoms with Gasteiger partial charge < -0.3 is 14.6 Å². The number of rotatable bonds is 23. The maximum absolute atomic E-state index is 12.1. The second kappa shape index (κ2) is 20.3. The lowest BCUT2D eigenvalue weighted by Crippen LogP contribution is -2.39. The van der Waals surface area contributed by atoms with Crippen LogP contribution in [0.2, 0.25) is 0 Å². The van der Waals surface area contributed by atoms with E-state index in [2.05, 4.69) is 18.8 Å². The number of aliphatic hydroxyl groups excluding tert-OH is 1. The molecule has 0 aliphatic carbocycles. The van der Waals surface area contributed by atoms with Crippen molar-refractivity contribution in [3.63, 3.8) is 0 Å². The maximum Gasteiger partial charge on any atom is 0.305 e. The van der Waals surface area contributed by atoms with E-state index in [1.54, 1.807) is 0 Å². The maximum atomic E-state index is 12.1. The van der Waals surface area contributed by atoms with Crippen molar-refractivity contribution in [2.45, 2.75) is 148 Å². The Morgan fingerprint density at radius 2 is 1.30 bits per heavy atom. The van der Waals surface area contributed by atoms with Crippen LogP contribution in [-0.2, 0) is 14.3 Å². The summed E-state index contributed by atoms with van der Waals surface area (Å²) in [6, 6.07) is 0. The molecule has 0 aromatic rings. The predicted octanol–water partition coefficient (Wildman–Crippen LogP) is 7.53. The number of carbonyl (C=O) groups is 1. The fourth-order valence-electron chi connectivity index (χ4n) is 4.33. The van der Waals surface area contributed by atoms with Crippen LogP contribution in [0.5, 0.6) is 0 Å². The number of unbranched alkanes of at least 4 members (excludes halogenated alkanes) is 16. The third-order valence-corrected chi connectivity index (χ3v) is 6.64. The summed E-state index contributed by atoms with van der Waals surface area (Å²) in [4.78, 5) is 16.7. The molecule has 0 radical (unpaired) electrons. The van der Waals surface area contributed by atoms with Crippen molar-refractivity contribution < 1.29 is 19.4 Å². The summed E-state index contributed by atoms with van der Waals surface area (Å²) in [5.74, 6) is 0.523. The summed E-state index contributed by atoms with van der Waals surface area (Å²) in [5, 5.41) is 9.85. The average Bonchev–Trinajstić information content (AvgIpc) is 3.24. The van der Waals surface area contributed by atoms with E-state index in [0.29, 0.717) is 18.9 Å². The van der Waals surface area contributed by atoms with E-state index in [0.717, 1.165) is 25.7 Å². The van der Waals surface area contributed by atoms with Crippen molar-refractivity contribution in [2.24, 2.45) is 4.99 Å². The fourth-order valence-corrected chi connectivity index (χ4v) is 4.33. The van der Waals surface area contributed by atoms with Gasteiger partial charge in [0.05, 0.1) is 6.61 Å². The minimum atomic E-state index is -0.803. The van der Waals surface area contributed by atoms with Crippen LogP contribution in [0.1, 0.15) is 142 Å². The first-order chi connectivity index (χ1) is 16.2. The molecular formula is C28H53NO4. The molecule has 1 rings (SSSR count). The van der Waals surface area contributed by atoms with Crippen molar-refractivity contribution >= 4 is 11.9 Å². The van der Waals surface area contributed by atoms with Gasteiger partial charge in [-0.1, -0.05) is 117 Å². The van der Waals surface area contributed by atoms with Gasteiger partial charge in [0.25, 0.3) is 0 Å². The highest BCUT2D eigenvalue weighted by molar-refractivity contribution is 5.78. The minimum Gasteiger partial charge on any atom is -0.478 e. The predicted molar refractivity (Wildman–Crippen MR) is 138 cm³/mol. The molecular weight excluding hydrogens is 414 g/mol. The van der Waals surface area contributed by atoms with Crippen LogP contribution in [0, 0.1) is 0 Å². The molecule has 0 spiro atoms. The smallest absolute Gasteiger partial charge is 0.305 e. The lowest BCUT2D eigenvalue weighted by atomic mass is 10.1. The SMILES string of the molecule is CCCCCCCCCCCC(=O)OCC1(CO)COC(CCCCCCCCCCC)=N1. The molecule has 0 aromatic heterocycles. The van der Waals surface area contributed by atoms with Gasteiger partial charge in [-0.3, -0.25) is 4.79 Å². The molecule has 1 aliphatic heterocycles. The number of esters is 1. The molecule has 1 atom stereocenters. The summed E-state index contributed by atoms with van der Waals surface area (Å²) in [6.45, 7) is 4.76. The Labute approximate surface area is 204 Å². The molecule has 0 fully saturated rings. The quantitative estimate of drug-likeness (QED) is 0.124. The normalized spacial score (nSPS) is 17.7. The van der Waals surface area contributed by atoms with Crippen LogP contribution in [0.25, 0.3) is 0 Å². The van der Waals surface area contributed by atoms with E-state index in [-0.39, 0.29) is 19.2 Å². The lowest BCUT2D eigenvalue weighted by Gasteiger charge is -2.20. The Balaban J connectivity index is 2.09. The van der Waals surface area contributed by atoms with Crippen LogP contribution in [-0.4, -0.2) is 42.3 Å². The van der Waals surface area contributed by atoms with Crippen molar-refractivity contribution in [1.82, 2.24) is 0 Å². The van der Waals surface area contributed by atoms with Gasteiger partial charge in [-0.15, -0.1) is 0 Å². The zero-order valence-corrected chi connectivity index (χ0v) is 21.9. The molecule has 1 N–H and O–H groups in total. The van der Waals surface area contributed by atoms with Crippen LogP contribution in [0.3, 0.4) is 0 Å². The first-order valence-corrected chi connectivity index (χ1v) is 14.1. The average molecular weight is 468 g/mol. The van der Waals surface area contributed by atoms with Gasteiger partial charge >= 0.3 is 5.97 Å². The molecule has 0 amide bonds. The van der Waals surface area contributed by atoms with E-state index >= 15 is 0 Å². The molecule has 0 aromatic carbocycles. The van der Waals surface area contributed by atoms with Gasteiger partial charge in [0.1, 0.15) is 13.2 Å². The second-order valence-corrected chi connectivity index (χ2v) is 9.99. The van der Waals surface area contributed by atoms with E-state index in [1.807, 2.05) is 0 Å². The van der Waals surface area contributed by atoms with Crippen LogP contribution < -0.4 is 0 Å². The third kappa shape index (κ3) is 15.4. The summed E-state index contributed by atoms with van der Waals surface area (Å²) in [5.41, 5.74) is -0.803. The topological polar surface area (TPSA) is 68.1 Å².